The van der Waals surface area contributed by atoms with E-state index in [2.05, 4.69) is 10.2 Å². The Morgan fingerprint density at radius 2 is 1.91 bits per heavy atom. The van der Waals surface area contributed by atoms with Gasteiger partial charge in [-0.2, -0.15) is 0 Å². The van der Waals surface area contributed by atoms with Crippen LogP contribution >= 0.6 is 11.3 Å². The van der Waals surface area contributed by atoms with E-state index in [4.69, 9.17) is 9.72 Å². The molecule has 174 valence electrons. The van der Waals surface area contributed by atoms with Gasteiger partial charge in [0.05, 0.1) is 37.2 Å². The van der Waals surface area contributed by atoms with Crippen LogP contribution in [0.15, 0.2) is 64.8 Å². The lowest BCUT2D eigenvalue weighted by molar-refractivity contribution is 0.0951. The molecule has 0 bridgehead atoms. The van der Waals surface area contributed by atoms with Gasteiger partial charge in [-0.1, -0.05) is 35.9 Å². The number of carbonyl (C=O) groups excluding carboxylic acids is 1. The molecule has 1 saturated heterocycles. The highest BCUT2D eigenvalue weighted by Gasteiger charge is 2.20. The van der Waals surface area contributed by atoms with Crippen LogP contribution in [0.4, 0.5) is 5.95 Å². The lowest BCUT2D eigenvalue weighted by atomic mass is 10.1. The van der Waals surface area contributed by atoms with Crippen molar-refractivity contribution in [3.8, 4) is 0 Å². The summed E-state index contributed by atoms with van der Waals surface area (Å²) in [7, 11) is 0. The van der Waals surface area contributed by atoms with Crippen molar-refractivity contribution < 1.29 is 9.53 Å². The molecule has 8 heteroatoms. The Bertz CT molecular complexity index is 1360. The molecular weight excluding hydrogens is 448 g/mol. The maximum absolute atomic E-state index is 13.6. The molecule has 0 spiro atoms. The Hall–Kier alpha value is -3.49. The fourth-order valence-corrected chi connectivity index (χ4v) is 4.70. The van der Waals surface area contributed by atoms with Gasteiger partial charge < -0.3 is 15.0 Å². The number of carbonyl (C=O) groups is 1. The molecule has 0 radical (unpaired) electrons. The fraction of sp³-hybridized carbons (Fsp3) is 0.269. The van der Waals surface area contributed by atoms with Crippen LogP contribution < -0.4 is 15.8 Å². The number of anilines is 1. The van der Waals surface area contributed by atoms with Crippen LogP contribution in [0.5, 0.6) is 0 Å². The average molecular weight is 475 g/mol. The first-order chi connectivity index (χ1) is 16.6. The van der Waals surface area contributed by atoms with E-state index < -0.39 is 0 Å². The number of ether oxygens (including phenoxy) is 1. The SMILES string of the molecule is Cc1ccc(Cn2c(N3CCOCC3)nc3cc(C(=O)NCc4cccs4)ccc3c2=O)cc1. The highest BCUT2D eigenvalue weighted by molar-refractivity contribution is 7.09. The van der Waals surface area contributed by atoms with Crippen LogP contribution in [-0.2, 0) is 17.8 Å². The molecule has 1 N–H and O–H groups in total. The van der Waals surface area contributed by atoms with Gasteiger partial charge in [0.2, 0.25) is 5.95 Å². The van der Waals surface area contributed by atoms with E-state index in [0.717, 1.165) is 10.4 Å². The predicted octanol–water partition coefficient (Wildman–Crippen LogP) is 3.58. The van der Waals surface area contributed by atoms with Gasteiger partial charge in [0.15, 0.2) is 0 Å². The molecule has 0 atom stereocenters. The topological polar surface area (TPSA) is 76.5 Å². The van der Waals surface area contributed by atoms with Gasteiger partial charge in [0.25, 0.3) is 11.5 Å². The molecule has 4 aromatic rings. The number of aromatic nitrogens is 2. The molecule has 0 saturated carbocycles. The Balaban J connectivity index is 1.52. The molecule has 0 unspecified atom stereocenters. The summed E-state index contributed by atoms with van der Waals surface area (Å²) in [4.78, 5) is 34.4. The minimum atomic E-state index is -0.186. The number of benzene rings is 2. The standard InChI is InChI=1S/C26H26N4O3S/c1-18-4-6-19(7-5-18)17-30-25(32)22-9-8-20(24(31)27-16-21-3-2-14-34-21)15-23(22)28-26(30)29-10-12-33-13-11-29/h2-9,14-15H,10-13,16-17H2,1H3,(H,27,31). The molecule has 1 fully saturated rings. The second kappa shape index (κ2) is 9.79. The number of hydrogen-bond acceptors (Lipinski definition) is 6. The largest absolute Gasteiger partial charge is 0.378 e. The number of aryl methyl sites for hydroxylation is 1. The van der Waals surface area contributed by atoms with Crippen LogP contribution in [-0.4, -0.2) is 41.8 Å². The van der Waals surface area contributed by atoms with Crippen molar-refractivity contribution in [1.29, 1.82) is 0 Å². The third-order valence-corrected chi connectivity index (χ3v) is 6.83. The van der Waals surface area contributed by atoms with E-state index in [1.54, 1.807) is 34.1 Å². The van der Waals surface area contributed by atoms with Gasteiger partial charge in [0.1, 0.15) is 0 Å². The second-order valence-corrected chi connectivity index (χ2v) is 9.41. The summed E-state index contributed by atoms with van der Waals surface area (Å²) >= 11 is 1.60. The minimum absolute atomic E-state index is 0.113. The average Bonchev–Trinajstić information content (AvgIpc) is 3.39. The van der Waals surface area contributed by atoms with E-state index >= 15 is 0 Å². The Morgan fingerprint density at radius 1 is 1.12 bits per heavy atom. The van der Waals surface area contributed by atoms with Crippen molar-refractivity contribution in [1.82, 2.24) is 14.9 Å². The predicted molar refractivity (Wildman–Crippen MR) is 135 cm³/mol. The summed E-state index contributed by atoms with van der Waals surface area (Å²) in [5.41, 5.74) is 3.10. The molecule has 1 aliphatic heterocycles. The van der Waals surface area contributed by atoms with E-state index in [1.165, 1.54) is 5.56 Å². The highest BCUT2D eigenvalue weighted by atomic mass is 32.1. The molecule has 1 aliphatic rings. The first kappa shape index (κ1) is 22.3. The first-order valence-corrected chi connectivity index (χ1v) is 12.2. The van der Waals surface area contributed by atoms with Gasteiger partial charge in [-0.25, -0.2) is 4.98 Å². The Labute approximate surface area is 201 Å². The van der Waals surface area contributed by atoms with Crippen LogP contribution in [0.2, 0.25) is 0 Å². The number of rotatable bonds is 6. The summed E-state index contributed by atoms with van der Waals surface area (Å²) in [6, 6.07) is 17.2. The van der Waals surface area contributed by atoms with Gasteiger partial charge in [-0.3, -0.25) is 14.2 Å². The molecule has 0 aliphatic carbocycles. The van der Waals surface area contributed by atoms with Crippen molar-refractivity contribution in [2.24, 2.45) is 0 Å². The summed E-state index contributed by atoms with van der Waals surface area (Å²) in [5, 5.41) is 5.42. The lowest BCUT2D eigenvalue weighted by Crippen LogP contribution is -2.41. The zero-order valence-corrected chi connectivity index (χ0v) is 19.8. The van der Waals surface area contributed by atoms with Crippen LogP contribution in [0.3, 0.4) is 0 Å². The van der Waals surface area contributed by atoms with Crippen LogP contribution in [0, 0.1) is 6.92 Å². The van der Waals surface area contributed by atoms with Gasteiger partial charge in [-0.15, -0.1) is 11.3 Å². The third kappa shape index (κ3) is 4.73. The quantitative estimate of drug-likeness (QED) is 0.462. The van der Waals surface area contributed by atoms with Crippen LogP contribution in [0.25, 0.3) is 10.9 Å². The molecular formula is C26H26N4O3S. The summed E-state index contributed by atoms with van der Waals surface area (Å²) in [6.45, 7) is 5.44. The van der Waals surface area contributed by atoms with E-state index in [0.29, 0.717) is 61.8 Å². The van der Waals surface area contributed by atoms with Gasteiger partial charge in [0, 0.05) is 23.5 Å². The van der Waals surface area contributed by atoms with Gasteiger partial charge >= 0.3 is 0 Å². The van der Waals surface area contributed by atoms with Crippen molar-refractivity contribution in [2.75, 3.05) is 31.2 Å². The molecule has 34 heavy (non-hydrogen) atoms. The molecule has 2 aromatic carbocycles. The zero-order valence-electron chi connectivity index (χ0n) is 19.0. The Kier molecular flexibility index (Phi) is 6.42. The first-order valence-electron chi connectivity index (χ1n) is 11.3. The number of amides is 1. The summed E-state index contributed by atoms with van der Waals surface area (Å²) in [5.74, 6) is 0.423. The van der Waals surface area contributed by atoms with E-state index in [1.807, 2.05) is 48.7 Å². The Morgan fingerprint density at radius 3 is 2.65 bits per heavy atom. The highest BCUT2D eigenvalue weighted by Crippen LogP contribution is 2.20. The fourth-order valence-electron chi connectivity index (χ4n) is 4.06. The second-order valence-electron chi connectivity index (χ2n) is 8.38. The molecule has 3 heterocycles. The van der Waals surface area contributed by atoms with Crippen molar-refractivity contribution in [3.05, 3.63) is 91.9 Å². The molecule has 7 nitrogen and oxygen atoms in total. The van der Waals surface area contributed by atoms with Crippen molar-refractivity contribution in [2.45, 2.75) is 20.0 Å². The summed E-state index contributed by atoms with van der Waals surface area (Å²) in [6.07, 6.45) is 0. The van der Waals surface area contributed by atoms with Gasteiger partial charge in [-0.05, 0) is 42.1 Å². The number of fused-ring (bicyclic) bond motifs is 1. The number of thiophene rings is 1. The molecule has 5 rings (SSSR count). The van der Waals surface area contributed by atoms with Crippen molar-refractivity contribution >= 4 is 34.1 Å². The van der Waals surface area contributed by atoms with E-state index in [-0.39, 0.29) is 11.5 Å². The van der Waals surface area contributed by atoms with Crippen molar-refractivity contribution in [3.63, 3.8) is 0 Å². The smallest absolute Gasteiger partial charge is 0.263 e. The maximum Gasteiger partial charge on any atom is 0.263 e. The number of nitrogens with zero attached hydrogens (tertiary/aromatic N) is 3. The number of morpholine rings is 1. The van der Waals surface area contributed by atoms with Crippen LogP contribution in [0.1, 0.15) is 26.4 Å². The molecule has 1 amide bonds. The number of nitrogens with one attached hydrogen (secondary N) is 1. The van der Waals surface area contributed by atoms with E-state index in [9.17, 15) is 9.59 Å². The monoisotopic (exact) mass is 474 g/mol. The molecule has 2 aromatic heterocycles. The number of hydrogen-bond donors (Lipinski definition) is 1. The summed E-state index contributed by atoms with van der Waals surface area (Å²) < 4.78 is 7.24. The maximum atomic E-state index is 13.6. The zero-order chi connectivity index (χ0) is 23.5. The normalized spacial score (nSPS) is 13.9. The third-order valence-electron chi connectivity index (χ3n) is 5.96. The minimum Gasteiger partial charge on any atom is -0.378 e. The lowest BCUT2D eigenvalue weighted by Gasteiger charge is -2.30.